The van der Waals surface area contributed by atoms with E-state index in [0.717, 1.165) is 31.0 Å². The lowest BCUT2D eigenvalue weighted by Gasteiger charge is -2.17. The summed E-state index contributed by atoms with van der Waals surface area (Å²) in [6.07, 6.45) is 8.45. The van der Waals surface area contributed by atoms with Gasteiger partial charge in [0.1, 0.15) is 17.7 Å². The van der Waals surface area contributed by atoms with Crippen LogP contribution < -0.4 is 10.6 Å². The number of hydrogen-bond acceptors (Lipinski definition) is 2. The largest absolute Gasteiger partial charge is 0.351 e. The van der Waals surface area contributed by atoms with Gasteiger partial charge in [-0.2, -0.15) is 0 Å². The molecule has 0 heterocycles. The first-order valence-corrected chi connectivity index (χ1v) is 9.16. The summed E-state index contributed by atoms with van der Waals surface area (Å²) in [5.74, 6) is -1.82. The fraction of sp³-hybridized carbons (Fsp3) is 0.429. The lowest BCUT2D eigenvalue weighted by molar-refractivity contribution is -0.126. The van der Waals surface area contributed by atoms with Crippen LogP contribution in [0.2, 0.25) is 0 Å². The van der Waals surface area contributed by atoms with Gasteiger partial charge in [-0.15, -0.1) is 0 Å². The molecular weight excluding hydrogens is 350 g/mol. The van der Waals surface area contributed by atoms with E-state index < -0.39 is 29.5 Å². The summed E-state index contributed by atoms with van der Waals surface area (Å²) in [4.78, 5) is 24.5. The van der Waals surface area contributed by atoms with Gasteiger partial charge in [-0.05, 0) is 43.0 Å². The quantitative estimate of drug-likeness (QED) is 0.482. The Hall–Kier alpha value is -2.50. The maximum absolute atomic E-state index is 13.4. The van der Waals surface area contributed by atoms with Gasteiger partial charge in [0.15, 0.2) is 0 Å². The Kier molecular flexibility index (Phi) is 10.0. The monoisotopic (exact) mass is 378 g/mol. The first-order valence-electron chi connectivity index (χ1n) is 9.16. The molecule has 1 rings (SSSR count). The molecule has 0 aliphatic rings. The molecule has 0 aliphatic carbocycles. The number of benzene rings is 1. The van der Waals surface area contributed by atoms with Crippen molar-refractivity contribution in [2.75, 3.05) is 6.54 Å². The standard InChI is InChI=1S/C21H28F2N2O2/c1-4-6-10-24-21(27)19(13-16-11-17(22)14-18(23)12-16)25-20(26)9-7-8-15(3)5-2/h4,6-7,9,11-12,14-15,19H,5,8,10,13H2,1-3H3,(H,24,27)(H,25,26)/b6-4+,9-7+/t15?,19-/m0/s1. The highest BCUT2D eigenvalue weighted by molar-refractivity contribution is 5.93. The summed E-state index contributed by atoms with van der Waals surface area (Å²) in [5, 5.41) is 5.29. The highest BCUT2D eigenvalue weighted by Gasteiger charge is 2.20. The van der Waals surface area contributed by atoms with Gasteiger partial charge in [0.25, 0.3) is 0 Å². The van der Waals surface area contributed by atoms with Gasteiger partial charge in [0.05, 0.1) is 0 Å². The second kappa shape index (κ2) is 12.0. The van der Waals surface area contributed by atoms with Crippen LogP contribution in [-0.4, -0.2) is 24.4 Å². The predicted octanol–water partition coefficient (Wildman–Crippen LogP) is 3.68. The van der Waals surface area contributed by atoms with Crippen molar-refractivity contribution in [1.29, 1.82) is 0 Å². The van der Waals surface area contributed by atoms with Crippen LogP contribution in [0.15, 0.2) is 42.5 Å². The van der Waals surface area contributed by atoms with Crippen LogP contribution in [0.25, 0.3) is 0 Å². The molecule has 2 amide bonds. The summed E-state index contributed by atoms with van der Waals surface area (Å²) in [6.45, 7) is 6.28. The molecule has 0 spiro atoms. The topological polar surface area (TPSA) is 58.2 Å². The van der Waals surface area contributed by atoms with Gasteiger partial charge < -0.3 is 10.6 Å². The van der Waals surface area contributed by atoms with Crippen LogP contribution in [0.4, 0.5) is 8.78 Å². The lowest BCUT2D eigenvalue weighted by atomic mass is 10.0. The van der Waals surface area contributed by atoms with Crippen molar-refractivity contribution < 1.29 is 18.4 Å². The third kappa shape index (κ3) is 9.13. The number of amides is 2. The van der Waals surface area contributed by atoms with E-state index in [1.807, 2.05) is 6.92 Å². The van der Waals surface area contributed by atoms with Crippen molar-refractivity contribution >= 4 is 11.8 Å². The molecule has 2 N–H and O–H groups in total. The highest BCUT2D eigenvalue weighted by Crippen LogP contribution is 2.11. The first-order chi connectivity index (χ1) is 12.8. The number of rotatable bonds is 10. The smallest absolute Gasteiger partial charge is 0.244 e. The Balaban J connectivity index is 2.83. The lowest BCUT2D eigenvalue weighted by Crippen LogP contribution is -2.47. The first kappa shape index (κ1) is 22.5. The zero-order valence-electron chi connectivity index (χ0n) is 16.1. The summed E-state index contributed by atoms with van der Waals surface area (Å²) < 4.78 is 26.8. The van der Waals surface area contributed by atoms with Crippen LogP contribution in [-0.2, 0) is 16.0 Å². The third-order valence-corrected chi connectivity index (χ3v) is 4.13. The predicted molar refractivity (Wildman–Crippen MR) is 103 cm³/mol. The Bertz CT molecular complexity index is 667. The number of nitrogens with one attached hydrogen (secondary N) is 2. The van der Waals surface area contributed by atoms with E-state index in [1.54, 1.807) is 18.2 Å². The Morgan fingerprint density at radius 2 is 1.81 bits per heavy atom. The van der Waals surface area contributed by atoms with E-state index in [4.69, 9.17) is 0 Å². The van der Waals surface area contributed by atoms with Gasteiger partial charge in [-0.25, -0.2) is 8.78 Å². The molecule has 2 atom stereocenters. The molecule has 148 valence electrons. The number of halogens is 2. The molecule has 1 unspecified atom stereocenters. The van der Waals surface area contributed by atoms with E-state index >= 15 is 0 Å². The number of hydrogen-bond donors (Lipinski definition) is 2. The zero-order valence-corrected chi connectivity index (χ0v) is 16.1. The van der Waals surface area contributed by atoms with Gasteiger partial charge in [-0.1, -0.05) is 38.5 Å². The molecule has 4 nitrogen and oxygen atoms in total. The molecule has 0 fully saturated rings. The number of allylic oxidation sites excluding steroid dienone is 2. The Morgan fingerprint density at radius 3 is 2.41 bits per heavy atom. The maximum atomic E-state index is 13.4. The summed E-state index contributed by atoms with van der Waals surface area (Å²) in [7, 11) is 0. The van der Waals surface area contributed by atoms with Crippen LogP contribution >= 0.6 is 0 Å². The van der Waals surface area contributed by atoms with Crippen LogP contribution in [0.3, 0.4) is 0 Å². The number of carbonyl (C=O) groups excluding carboxylic acids is 2. The molecule has 0 aliphatic heterocycles. The summed E-state index contributed by atoms with van der Waals surface area (Å²) in [6, 6.07) is 2.14. The highest BCUT2D eigenvalue weighted by atomic mass is 19.1. The van der Waals surface area contributed by atoms with Gasteiger partial charge >= 0.3 is 0 Å². The molecule has 1 aromatic carbocycles. The van der Waals surface area contributed by atoms with Crippen molar-refractivity contribution in [3.05, 3.63) is 59.7 Å². The van der Waals surface area contributed by atoms with Crippen molar-refractivity contribution in [3.63, 3.8) is 0 Å². The van der Waals surface area contributed by atoms with E-state index in [2.05, 4.69) is 24.5 Å². The minimum absolute atomic E-state index is 0.0126. The van der Waals surface area contributed by atoms with E-state index in [1.165, 1.54) is 6.08 Å². The SMILES string of the molecule is C/C=C/CNC(=O)[C@H](Cc1cc(F)cc(F)c1)NC(=O)/C=C/CC(C)CC. The molecular formula is C21H28F2N2O2. The third-order valence-electron chi connectivity index (χ3n) is 4.13. The summed E-state index contributed by atoms with van der Waals surface area (Å²) >= 11 is 0. The number of carbonyl (C=O) groups is 2. The van der Waals surface area contributed by atoms with Gasteiger partial charge in [-0.3, -0.25) is 9.59 Å². The van der Waals surface area contributed by atoms with Crippen molar-refractivity contribution in [2.24, 2.45) is 5.92 Å². The average Bonchev–Trinajstić information content (AvgIpc) is 2.60. The molecule has 0 radical (unpaired) electrons. The van der Waals surface area contributed by atoms with E-state index in [0.29, 0.717) is 18.0 Å². The Labute approximate surface area is 159 Å². The average molecular weight is 378 g/mol. The van der Waals surface area contributed by atoms with E-state index in [9.17, 15) is 18.4 Å². The minimum atomic E-state index is -0.933. The second-order valence-electron chi connectivity index (χ2n) is 6.51. The van der Waals surface area contributed by atoms with Gasteiger partial charge in [0, 0.05) is 19.0 Å². The molecule has 6 heteroatoms. The Morgan fingerprint density at radius 1 is 1.15 bits per heavy atom. The summed E-state index contributed by atoms with van der Waals surface area (Å²) in [5.41, 5.74) is 0.294. The van der Waals surface area contributed by atoms with Crippen molar-refractivity contribution in [3.8, 4) is 0 Å². The molecule has 0 aromatic heterocycles. The molecule has 27 heavy (non-hydrogen) atoms. The van der Waals surface area contributed by atoms with Crippen LogP contribution in [0.1, 0.15) is 39.2 Å². The zero-order chi connectivity index (χ0) is 20.2. The van der Waals surface area contributed by atoms with Crippen LogP contribution in [0.5, 0.6) is 0 Å². The van der Waals surface area contributed by atoms with Gasteiger partial charge in [0.2, 0.25) is 11.8 Å². The normalized spacial score (nSPS) is 13.7. The van der Waals surface area contributed by atoms with E-state index in [-0.39, 0.29) is 6.42 Å². The second-order valence-corrected chi connectivity index (χ2v) is 6.51. The maximum Gasteiger partial charge on any atom is 0.244 e. The van der Waals surface area contributed by atoms with Crippen molar-refractivity contribution in [2.45, 2.75) is 46.1 Å². The van der Waals surface area contributed by atoms with Crippen molar-refractivity contribution in [1.82, 2.24) is 10.6 Å². The molecule has 1 aromatic rings. The molecule has 0 saturated carbocycles. The van der Waals surface area contributed by atoms with Crippen LogP contribution in [0, 0.1) is 17.6 Å². The molecule has 0 bridgehead atoms. The fourth-order valence-electron chi connectivity index (χ4n) is 2.37. The minimum Gasteiger partial charge on any atom is -0.351 e. The molecule has 0 saturated heterocycles. The fourth-order valence-corrected chi connectivity index (χ4v) is 2.37.